The van der Waals surface area contributed by atoms with Crippen LogP contribution in [-0.2, 0) is 29.3 Å². The molecule has 55 heavy (non-hydrogen) atoms. The number of piperidine rings is 1. The number of aliphatic hydroxyl groups is 2. The number of nitrogens with zero attached hydrogens (tertiary/aromatic N) is 3. The number of carboxylic acid groups (broad SMARTS) is 2. The van der Waals surface area contributed by atoms with E-state index in [1.54, 1.807) is 72.8 Å². The highest BCUT2D eigenvalue weighted by molar-refractivity contribution is 6.32. The van der Waals surface area contributed by atoms with Crippen molar-refractivity contribution in [1.29, 1.82) is 0 Å². The number of rotatable bonds is 18. The van der Waals surface area contributed by atoms with Gasteiger partial charge >= 0.3 is 11.9 Å². The summed E-state index contributed by atoms with van der Waals surface area (Å²) in [5.41, 5.74) is 1.94. The third-order valence-electron chi connectivity index (χ3n) is 9.42. The minimum absolute atomic E-state index is 0.00318. The van der Waals surface area contributed by atoms with Gasteiger partial charge in [-0.1, -0.05) is 48.0 Å². The molecule has 0 radical (unpaired) electrons. The zero-order chi connectivity index (χ0) is 39.0. The third kappa shape index (κ3) is 9.87. The second kappa shape index (κ2) is 17.9. The van der Waals surface area contributed by atoms with Crippen molar-refractivity contribution in [2.45, 2.75) is 50.7 Å². The predicted octanol–water partition coefficient (Wildman–Crippen LogP) is 5.06. The van der Waals surface area contributed by atoms with E-state index in [4.69, 9.17) is 30.4 Å². The molecular weight excluding hydrogens is 739 g/mol. The molecular formula is C39H40ClFN4O10. The Balaban J connectivity index is 1.10. The van der Waals surface area contributed by atoms with Gasteiger partial charge in [0.2, 0.25) is 0 Å². The molecule has 4 aromatic carbocycles. The molecule has 5 aromatic rings. The number of halogens is 2. The zero-order valence-corrected chi connectivity index (χ0v) is 30.4. The Morgan fingerprint density at radius 1 is 0.927 bits per heavy atom. The number of benzene rings is 4. The topological polar surface area (TPSA) is 197 Å². The van der Waals surface area contributed by atoms with E-state index in [9.17, 15) is 30.0 Å². The average Bonchev–Trinajstić information content (AvgIpc) is 3.65. The highest BCUT2D eigenvalue weighted by atomic mass is 35.5. The Kier molecular flexibility index (Phi) is 12.8. The van der Waals surface area contributed by atoms with E-state index < -0.39 is 36.0 Å². The number of nitrogens with one attached hydrogen (secondary N) is 1. The maximum atomic E-state index is 16.0. The number of carbonyl (C=O) groups is 2. The lowest BCUT2D eigenvalue weighted by Crippen LogP contribution is -2.49. The lowest BCUT2D eigenvalue weighted by Gasteiger charge is -2.35. The van der Waals surface area contributed by atoms with E-state index >= 15 is 4.39 Å². The molecule has 1 unspecified atom stereocenters. The summed E-state index contributed by atoms with van der Waals surface area (Å²) in [4.78, 5) is 24.9. The number of carboxylic acids is 2. The van der Waals surface area contributed by atoms with Crippen molar-refractivity contribution in [2.75, 3.05) is 32.8 Å². The van der Waals surface area contributed by atoms with Gasteiger partial charge in [-0.05, 0) is 71.0 Å². The van der Waals surface area contributed by atoms with Crippen LogP contribution in [0.1, 0.15) is 36.0 Å². The Morgan fingerprint density at radius 3 is 2.45 bits per heavy atom. The summed E-state index contributed by atoms with van der Waals surface area (Å²) in [6.07, 6.45) is 1.04. The number of aromatic nitrogens is 2. The van der Waals surface area contributed by atoms with Gasteiger partial charge in [0.05, 0.1) is 18.2 Å². The Bertz CT molecular complexity index is 2120. The molecule has 1 aromatic heterocycles. The van der Waals surface area contributed by atoms with Crippen molar-refractivity contribution in [3.63, 3.8) is 0 Å². The molecule has 0 saturated carbocycles. The Labute approximate surface area is 320 Å². The van der Waals surface area contributed by atoms with E-state index in [0.717, 1.165) is 5.56 Å². The fourth-order valence-electron chi connectivity index (χ4n) is 6.16. The molecule has 0 bridgehead atoms. The molecule has 0 spiro atoms. The first-order valence-electron chi connectivity index (χ1n) is 17.6. The van der Waals surface area contributed by atoms with Crippen LogP contribution in [0.15, 0.2) is 77.4 Å². The van der Waals surface area contributed by atoms with Crippen LogP contribution in [0.25, 0.3) is 22.2 Å². The van der Waals surface area contributed by atoms with Gasteiger partial charge in [-0.2, -0.15) is 0 Å². The SMILES string of the molecule is O=C(O)C(CO)NCc1cc(Cl)c(OCc2cccc(-c3cccc(OCCCN4CCC(O)(C(=O)O)CC4)c3)c2F)cc1OCc1ccc2nonc2c1. The van der Waals surface area contributed by atoms with Crippen LogP contribution in [0.3, 0.4) is 0 Å². The van der Waals surface area contributed by atoms with Gasteiger partial charge in [0, 0.05) is 48.9 Å². The van der Waals surface area contributed by atoms with E-state index in [1.165, 1.54) is 0 Å². The second-order valence-corrected chi connectivity index (χ2v) is 13.6. The van der Waals surface area contributed by atoms with Gasteiger partial charge in [-0.15, -0.1) is 0 Å². The van der Waals surface area contributed by atoms with Gasteiger partial charge < -0.3 is 39.5 Å². The number of hydrogen-bond acceptors (Lipinski definition) is 12. The minimum Gasteiger partial charge on any atom is -0.494 e. The fourth-order valence-corrected chi connectivity index (χ4v) is 6.40. The molecule has 1 saturated heterocycles. The summed E-state index contributed by atoms with van der Waals surface area (Å²) >= 11 is 6.61. The van der Waals surface area contributed by atoms with Crippen LogP contribution < -0.4 is 19.5 Å². The number of aliphatic carboxylic acids is 2. The number of hydrogen-bond donors (Lipinski definition) is 5. The minimum atomic E-state index is -1.66. The Hall–Kier alpha value is -5.32. The highest BCUT2D eigenvalue weighted by Gasteiger charge is 2.39. The molecule has 1 aliphatic heterocycles. The highest BCUT2D eigenvalue weighted by Crippen LogP contribution is 2.35. The second-order valence-electron chi connectivity index (χ2n) is 13.2. The molecule has 6 rings (SSSR count). The first-order chi connectivity index (χ1) is 26.5. The summed E-state index contributed by atoms with van der Waals surface area (Å²) in [5.74, 6) is -1.80. The summed E-state index contributed by atoms with van der Waals surface area (Å²) < 4.78 is 38.9. The first-order valence-corrected chi connectivity index (χ1v) is 18.0. The normalized spacial score (nSPS) is 14.8. The van der Waals surface area contributed by atoms with Crippen LogP contribution in [0.5, 0.6) is 17.2 Å². The smallest absolute Gasteiger partial charge is 0.335 e. The zero-order valence-electron chi connectivity index (χ0n) is 29.6. The largest absolute Gasteiger partial charge is 0.494 e. The summed E-state index contributed by atoms with van der Waals surface area (Å²) in [7, 11) is 0. The van der Waals surface area contributed by atoms with Gasteiger partial charge in [0.25, 0.3) is 0 Å². The van der Waals surface area contributed by atoms with E-state index in [-0.39, 0.29) is 48.9 Å². The summed E-state index contributed by atoms with van der Waals surface area (Å²) in [6.45, 7) is 1.36. The number of aliphatic hydroxyl groups excluding tert-OH is 1. The molecule has 14 nitrogen and oxygen atoms in total. The monoisotopic (exact) mass is 778 g/mol. The molecule has 0 aliphatic carbocycles. The molecule has 1 fully saturated rings. The molecule has 1 aliphatic rings. The fraction of sp³-hybridized carbons (Fsp3) is 0.333. The van der Waals surface area contributed by atoms with Crippen molar-refractivity contribution in [2.24, 2.45) is 0 Å². The van der Waals surface area contributed by atoms with Crippen LogP contribution in [-0.4, -0.2) is 92.1 Å². The maximum Gasteiger partial charge on any atom is 0.335 e. The van der Waals surface area contributed by atoms with Crippen molar-refractivity contribution < 1.29 is 53.2 Å². The van der Waals surface area contributed by atoms with Gasteiger partial charge in [0.15, 0.2) is 5.60 Å². The lowest BCUT2D eigenvalue weighted by atomic mass is 9.91. The van der Waals surface area contributed by atoms with Crippen molar-refractivity contribution >= 4 is 34.6 Å². The standard InChI is InChI=1S/C39H40ClFN4O10/c40-30-18-27(20-42-33(21-46)37(47)48)34(53-22-24-8-9-31-32(16-24)44-55-43-31)19-35(30)54-23-26-5-2-7-29(36(26)41)25-4-1-6-28(17-25)52-15-3-12-45-13-10-39(51,11-14-45)38(49)50/h1-2,4-9,16-19,33,42,46,51H,3,10-15,20-23H2,(H,47,48)(H,49,50). The van der Waals surface area contributed by atoms with Crippen molar-refractivity contribution in [3.8, 4) is 28.4 Å². The average molecular weight is 779 g/mol. The molecule has 2 heterocycles. The summed E-state index contributed by atoms with van der Waals surface area (Å²) in [5, 5.41) is 48.8. The first kappa shape index (κ1) is 39.4. The van der Waals surface area contributed by atoms with Gasteiger partial charge in [-0.25, -0.2) is 13.8 Å². The number of ether oxygens (including phenoxy) is 3. The van der Waals surface area contributed by atoms with Crippen LogP contribution in [0.4, 0.5) is 4.39 Å². The quantitative estimate of drug-likeness (QED) is 0.0741. The van der Waals surface area contributed by atoms with Crippen LogP contribution in [0.2, 0.25) is 5.02 Å². The number of likely N-dealkylation sites (tertiary alicyclic amines) is 1. The molecule has 0 amide bonds. The van der Waals surface area contributed by atoms with Gasteiger partial charge in [0.1, 0.15) is 53.4 Å². The lowest BCUT2D eigenvalue weighted by molar-refractivity contribution is -0.163. The molecule has 16 heteroatoms. The van der Waals surface area contributed by atoms with Crippen LogP contribution >= 0.6 is 11.6 Å². The molecule has 5 N–H and O–H groups in total. The third-order valence-corrected chi connectivity index (χ3v) is 9.72. The predicted molar refractivity (Wildman–Crippen MR) is 197 cm³/mol. The number of fused-ring (bicyclic) bond motifs is 1. The molecule has 290 valence electrons. The molecule has 1 atom stereocenters. The van der Waals surface area contributed by atoms with E-state index in [1.807, 2.05) is 0 Å². The van der Waals surface area contributed by atoms with E-state index in [2.05, 4.69) is 20.5 Å². The van der Waals surface area contributed by atoms with Crippen molar-refractivity contribution in [3.05, 3.63) is 100 Å². The Morgan fingerprint density at radius 2 is 1.69 bits per heavy atom. The van der Waals surface area contributed by atoms with E-state index in [0.29, 0.717) is 71.9 Å². The summed E-state index contributed by atoms with van der Waals surface area (Å²) in [6, 6.07) is 19.3. The van der Waals surface area contributed by atoms with Gasteiger partial charge in [-0.3, -0.25) is 10.1 Å². The van der Waals surface area contributed by atoms with Crippen LogP contribution in [0, 0.1) is 5.82 Å². The maximum absolute atomic E-state index is 16.0. The van der Waals surface area contributed by atoms with Crippen molar-refractivity contribution in [1.82, 2.24) is 20.5 Å².